The topological polar surface area (TPSA) is 104 Å². The number of unbranched alkanes of at least 4 members (excludes halogenated alkanes) is 11. The maximum absolute atomic E-state index is 12.0. The van der Waals surface area contributed by atoms with Gasteiger partial charge in [0.1, 0.15) is 18.4 Å². The van der Waals surface area contributed by atoms with Crippen molar-refractivity contribution < 1.29 is 27.4 Å². The van der Waals surface area contributed by atoms with Crippen molar-refractivity contribution in [2.45, 2.75) is 116 Å². The van der Waals surface area contributed by atoms with E-state index < -0.39 is 22.0 Å². The minimum atomic E-state index is -4.18. The standard InChI is InChI=1S/C26H54N2O5S/c1-24(2)18-15-13-11-9-7-5-6-8-10-12-14-16-19-26(30)27-20-17-21-28(3,4)22-25(29)23-34(31,32)33/h24-25,29H,5-23H2,1-4H3,(H-,27,30,31,32,33)/p+1. The second-order valence-electron chi connectivity index (χ2n) is 11.1. The van der Waals surface area contributed by atoms with Gasteiger partial charge in [-0.3, -0.25) is 9.35 Å². The van der Waals surface area contributed by atoms with E-state index in [1.54, 1.807) is 0 Å². The van der Waals surface area contributed by atoms with Gasteiger partial charge in [-0.2, -0.15) is 8.42 Å². The Morgan fingerprint density at radius 1 is 0.824 bits per heavy atom. The van der Waals surface area contributed by atoms with E-state index in [0.29, 0.717) is 24.0 Å². The molecule has 0 aliphatic heterocycles. The maximum atomic E-state index is 12.0. The van der Waals surface area contributed by atoms with Crippen molar-refractivity contribution in [2.75, 3.05) is 39.5 Å². The van der Waals surface area contributed by atoms with Crippen LogP contribution in [0.1, 0.15) is 110 Å². The van der Waals surface area contributed by atoms with Crippen LogP contribution >= 0.6 is 0 Å². The van der Waals surface area contributed by atoms with Crippen molar-refractivity contribution in [3.05, 3.63) is 0 Å². The van der Waals surface area contributed by atoms with Gasteiger partial charge in [0.25, 0.3) is 10.1 Å². The van der Waals surface area contributed by atoms with Crippen LogP contribution in [0.25, 0.3) is 0 Å². The predicted octanol–water partition coefficient (Wildman–Crippen LogP) is 4.94. The predicted molar refractivity (Wildman–Crippen MR) is 141 cm³/mol. The molecule has 0 aromatic carbocycles. The van der Waals surface area contributed by atoms with Crippen LogP contribution in [0.15, 0.2) is 0 Å². The average molecular weight is 508 g/mol. The minimum Gasteiger partial charge on any atom is -0.386 e. The number of aliphatic hydroxyl groups is 1. The first-order chi connectivity index (χ1) is 15.9. The molecule has 204 valence electrons. The van der Waals surface area contributed by atoms with Crippen molar-refractivity contribution in [3.63, 3.8) is 0 Å². The monoisotopic (exact) mass is 507 g/mol. The molecule has 0 rings (SSSR count). The number of carbonyl (C=O) groups is 1. The van der Waals surface area contributed by atoms with E-state index >= 15 is 0 Å². The lowest BCUT2D eigenvalue weighted by Gasteiger charge is -2.31. The van der Waals surface area contributed by atoms with Crippen LogP contribution in [-0.2, 0) is 14.9 Å². The van der Waals surface area contributed by atoms with E-state index in [9.17, 15) is 18.3 Å². The molecular formula is C26H55N2O5S+. The Morgan fingerprint density at radius 2 is 1.29 bits per heavy atom. The van der Waals surface area contributed by atoms with Gasteiger partial charge in [0, 0.05) is 19.4 Å². The fraction of sp³-hybridized carbons (Fsp3) is 0.962. The van der Waals surface area contributed by atoms with Gasteiger partial charge in [0.2, 0.25) is 5.91 Å². The van der Waals surface area contributed by atoms with E-state index in [1.807, 2.05) is 14.1 Å². The van der Waals surface area contributed by atoms with E-state index in [4.69, 9.17) is 4.55 Å². The molecule has 0 radical (unpaired) electrons. The quantitative estimate of drug-likeness (QED) is 0.103. The molecule has 0 aliphatic carbocycles. The summed E-state index contributed by atoms with van der Waals surface area (Å²) in [6, 6.07) is 0. The third kappa shape index (κ3) is 24.4. The number of quaternary nitrogens is 1. The highest BCUT2D eigenvalue weighted by Crippen LogP contribution is 2.14. The molecule has 0 saturated carbocycles. The highest BCUT2D eigenvalue weighted by Gasteiger charge is 2.24. The lowest BCUT2D eigenvalue weighted by atomic mass is 10.0. The number of hydrogen-bond acceptors (Lipinski definition) is 4. The highest BCUT2D eigenvalue weighted by molar-refractivity contribution is 7.85. The number of aliphatic hydroxyl groups excluding tert-OH is 1. The highest BCUT2D eigenvalue weighted by atomic mass is 32.2. The Bertz CT molecular complexity index is 608. The van der Waals surface area contributed by atoms with Crippen molar-refractivity contribution in [3.8, 4) is 0 Å². The van der Waals surface area contributed by atoms with Crippen LogP contribution in [-0.4, -0.2) is 74.1 Å². The number of rotatable bonds is 23. The second-order valence-corrected chi connectivity index (χ2v) is 12.6. The molecule has 0 heterocycles. The van der Waals surface area contributed by atoms with Crippen molar-refractivity contribution in [1.82, 2.24) is 5.32 Å². The molecule has 0 fully saturated rings. The molecule has 0 aromatic rings. The number of hydrogen-bond donors (Lipinski definition) is 3. The van der Waals surface area contributed by atoms with Crippen molar-refractivity contribution in [2.24, 2.45) is 5.92 Å². The van der Waals surface area contributed by atoms with Crippen LogP contribution in [0.2, 0.25) is 0 Å². The first-order valence-electron chi connectivity index (χ1n) is 13.6. The lowest BCUT2D eigenvalue weighted by molar-refractivity contribution is -0.893. The molecule has 7 nitrogen and oxygen atoms in total. The van der Waals surface area contributed by atoms with Gasteiger partial charge in [-0.05, 0) is 12.3 Å². The number of nitrogens with zero attached hydrogens (tertiary/aromatic N) is 1. The van der Waals surface area contributed by atoms with Crippen molar-refractivity contribution in [1.29, 1.82) is 0 Å². The normalized spacial score (nSPS) is 13.4. The summed E-state index contributed by atoms with van der Waals surface area (Å²) in [5.74, 6) is 0.281. The largest absolute Gasteiger partial charge is 0.386 e. The van der Waals surface area contributed by atoms with Gasteiger partial charge >= 0.3 is 0 Å². The first-order valence-corrected chi connectivity index (χ1v) is 15.2. The summed E-state index contributed by atoms with van der Waals surface area (Å²) in [4.78, 5) is 12.0. The molecule has 0 spiro atoms. The number of amides is 1. The Kier molecular flexibility index (Phi) is 19.1. The van der Waals surface area contributed by atoms with Gasteiger partial charge in [0.05, 0.1) is 20.6 Å². The SMILES string of the molecule is CC(C)CCCCCCCCCCCCCCC(=O)NCCC[N+](C)(C)CC(O)CS(=O)(=O)O. The van der Waals surface area contributed by atoms with Gasteiger partial charge in [-0.15, -0.1) is 0 Å². The molecule has 1 amide bonds. The Balaban J connectivity index is 3.51. The summed E-state index contributed by atoms with van der Waals surface area (Å²) in [6.07, 6.45) is 17.1. The fourth-order valence-corrected chi connectivity index (χ4v) is 4.98. The molecule has 0 aliphatic rings. The third-order valence-electron chi connectivity index (χ3n) is 6.31. The van der Waals surface area contributed by atoms with Crippen LogP contribution in [0.5, 0.6) is 0 Å². The van der Waals surface area contributed by atoms with Crippen LogP contribution in [0.3, 0.4) is 0 Å². The second kappa shape index (κ2) is 19.5. The summed E-state index contributed by atoms with van der Waals surface area (Å²) < 4.78 is 31.0. The van der Waals surface area contributed by atoms with Gasteiger partial charge < -0.3 is 14.9 Å². The molecular weight excluding hydrogens is 452 g/mol. The van der Waals surface area contributed by atoms with Gasteiger partial charge in [-0.1, -0.05) is 90.9 Å². The van der Waals surface area contributed by atoms with Gasteiger partial charge in [-0.25, -0.2) is 0 Å². The average Bonchev–Trinajstić information content (AvgIpc) is 2.69. The van der Waals surface area contributed by atoms with E-state index in [1.165, 1.54) is 70.6 Å². The summed E-state index contributed by atoms with van der Waals surface area (Å²) in [6.45, 7) is 6.10. The summed E-state index contributed by atoms with van der Waals surface area (Å²) in [7, 11) is -0.390. The van der Waals surface area contributed by atoms with Crippen LogP contribution in [0, 0.1) is 5.92 Å². The zero-order valence-corrected chi connectivity index (χ0v) is 23.4. The Morgan fingerprint density at radius 3 is 1.76 bits per heavy atom. The lowest BCUT2D eigenvalue weighted by Crippen LogP contribution is -2.48. The summed E-state index contributed by atoms with van der Waals surface area (Å²) in [5.41, 5.74) is 0. The molecule has 0 saturated heterocycles. The summed E-state index contributed by atoms with van der Waals surface area (Å²) in [5, 5.41) is 12.8. The zero-order valence-electron chi connectivity index (χ0n) is 22.6. The molecule has 1 unspecified atom stereocenters. The maximum Gasteiger partial charge on any atom is 0.267 e. The molecule has 1 atom stereocenters. The fourth-order valence-electron chi connectivity index (χ4n) is 4.39. The smallest absolute Gasteiger partial charge is 0.267 e. The van der Waals surface area contributed by atoms with Gasteiger partial charge in [0.15, 0.2) is 0 Å². The molecule has 34 heavy (non-hydrogen) atoms. The summed E-state index contributed by atoms with van der Waals surface area (Å²) >= 11 is 0. The van der Waals surface area contributed by atoms with E-state index in [2.05, 4.69) is 19.2 Å². The molecule has 0 bridgehead atoms. The van der Waals surface area contributed by atoms with Crippen LogP contribution in [0.4, 0.5) is 0 Å². The Hall–Kier alpha value is -0.700. The number of nitrogens with one attached hydrogen (secondary N) is 1. The Labute approximate surface area is 210 Å². The van der Waals surface area contributed by atoms with Crippen molar-refractivity contribution >= 4 is 16.0 Å². The van der Waals surface area contributed by atoms with E-state index in [0.717, 1.165) is 25.2 Å². The van der Waals surface area contributed by atoms with E-state index in [-0.39, 0.29) is 12.5 Å². The van der Waals surface area contributed by atoms with Crippen LogP contribution < -0.4 is 5.32 Å². The zero-order chi connectivity index (χ0) is 25.9. The third-order valence-corrected chi connectivity index (χ3v) is 7.11. The number of likely N-dealkylation sites (N-methyl/N-ethyl adjacent to an activating group) is 1. The first kappa shape index (κ1) is 33.3. The minimum absolute atomic E-state index is 0.0881. The molecule has 3 N–H and O–H groups in total. The number of carbonyl (C=O) groups excluding carboxylic acids is 1. The molecule has 8 heteroatoms. The molecule has 0 aromatic heterocycles.